The van der Waals surface area contributed by atoms with Crippen LogP contribution in [0.5, 0.6) is 5.75 Å². The quantitative estimate of drug-likeness (QED) is 0.938. The van der Waals surface area contributed by atoms with Gasteiger partial charge in [-0.15, -0.1) is 11.3 Å². The molecular weight excluding hydrogens is 282 g/mol. The molecule has 3 nitrogen and oxygen atoms in total. The number of benzene rings is 1. The summed E-state index contributed by atoms with van der Waals surface area (Å²) < 4.78 is 5.66. The van der Waals surface area contributed by atoms with Crippen molar-refractivity contribution in [3.05, 3.63) is 52.2 Å². The molecule has 0 radical (unpaired) electrons. The first kappa shape index (κ1) is 14.1. The van der Waals surface area contributed by atoms with E-state index >= 15 is 0 Å². The zero-order valence-electron chi connectivity index (χ0n) is 12.0. The van der Waals surface area contributed by atoms with Gasteiger partial charge in [0.2, 0.25) is 5.91 Å². The summed E-state index contributed by atoms with van der Waals surface area (Å²) in [5.41, 5.74) is 1.20. The van der Waals surface area contributed by atoms with E-state index in [-0.39, 0.29) is 11.8 Å². The van der Waals surface area contributed by atoms with E-state index in [0.717, 1.165) is 23.7 Å². The number of carbonyl (C=O) groups excluding carboxylic acids is 1. The van der Waals surface area contributed by atoms with E-state index in [9.17, 15) is 4.79 Å². The Balaban J connectivity index is 1.62. The Morgan fingerprint density at radius 1 is 1.38 bits per heavy atom. The van der Waals surface area contributed by atoms with Crippen LogP contribution in [0.3, 0.4) is 0 Å². The summed E-state index contributed by atoms with van der Waals surface area (Å²) in [5.74, 6) is 1.31. The van der Waals surface area contributed by atoms with Crippen LogP contribution in [0.1, 0.15) is 35.6 Å². The van der Waals surface area contributed by atoms with E-state index in [0.29, 0.717) is 12.5 Å². The lowest BCUT2D eigenvalue weighted by Crippen LogP contribution is -2.33. The minimum Gasteiger partial charge on any atom is -0.493 e. The van der Waals surface area contributed by atoms with Crippen LogP contribution in [-0.2, 0) is 4.79 Å². The van der Waals surface area contributed by atoms with Crippen molar-refractivity contribution < 1.29 is 9.53 Å². The third-order valence-corrected chi connectivity index (χ3v) is 5.02. The summed E-state index contributed by atoms with van der Waals surface area (Å²) >= 11 is 1.63. The van der Waals surface area contributed by atoms with Crippen molar-refractivity contribution in [2.75, 3.05) is 13.2 Å². The first-order valence-electron chi connectivity index (χ1n) is 7.28. The van der Waals surface area contributed by atoms with E-state index in [4.69, 9.17) is 4.74 Å². The minimum atomic E-state index is -0.0833. The van der Waals surface area contributed by atoms with Crippen molar-refractivity contribution in [1.82, 2.24) is 5.32 Å². The van der Waals surface area contributed by atoms with Crippen molar-refractivity contribution in [2.24, 2.45) is 0 Å². The zero-order valence-corrected chi connectivity index (χ0v) is 12.9. The van der Waals surface area contributed by atoms with Gasteiger partial charge in [-0.2, -0.15) is 0 Å². The van der Waals surface area contributed by atoms with Crippen molar-refractivity contribution >= 4 is 17.2 Å². The molecule has 2 heterocycles. The number of para-hydroxylation sites is 1. The molecule has 0 aliphatic carbocycles. The van der Waals surface area contributed by atoms with Gasteiger partial charge in [-0.25, -0.2) is 0 Å². The van der Waals surface area contributed by atoms with Gasteiger partial charge in [0, 0.05) is 17.3 Å². The molecule has 1 aliphatic rings. The van der Waals surface area contributed by atoms with Gasteiger partial charge >= 0.3 is 0 Å². The molecule has 1 aliphatic heterocycles. The smallest absolute Gasteiger partial charge is 0.228 e. The maximum absolute atomic E-state index is 12.3. The Kier molecular flexibility index (Phi) is 4.25. The number of hydrogen-bond acceptors (Lipinski definition) is 3. The normalized spacial score (nSPS) is 18.4. The van der Waals surface area contributed by atoms with Gasteiger partial charge in [0.1, 0.15) is 5.75 Å². The summed E-state index contributed by atoms with van der Waals surface area (Å²) in [6.45, 7) is 3.35. The second-order valence-electron chi connectivity index (χ2n) is 5.35. The fraction of sp³-hybridized carbons (Fsp3) is 0.353. The highest BCUT2D eigenvalue weighted by Crippen LogP contribution is 2.33. The van der Waals surface area contributed by atoms with Crippen molar-refractivity contribution in [3.8, 4) is 5.75 Å². The van der Waals surface area contributed by atoms with E-state index in [2.05, 4.69) is 11.4 Å². The van der Waals surface area contributed by atoms with Gasteiger partial charge in [-0.05, 0) is 36.4 Å². The molecule has 2 unspecified atom stereocenters. The average Bonchev–Trinajstić information content (AvgIpc) is 3.06. The van der Waals surface area contributed by atoms with Crippen LogP contribution >= 0.6 is 11.3 Å². The molecule has 2 atom stereocenters. The lowest BCUT2D eigenvalue weighted by molar-refractivity contribution is -0.122. The molecule has 1 aromatic heterocycles. The van der Waals surface area contributed by atoms with Gasteiger partial charge in [-0.1, -0.05) is 24.3 Å². The zero-order chi connectivity index (χ0) is 14.7. The highest BCUT2D eigenvalue weighted by atomic mass is 32.1. The number of hydrogen-bond donors (Lipinski definition) is 1. The van der Waals surface area contributed by atoms with Crippen molar-refractivity contribution in [1.29, 1.82) is 0 Å². The molecule has 3 rings (SSSR count). The summed E-state index contributed by atoms with van der Waals surface area (Å²) in [6.07, 6.45) is 0.949. The van der Waals surface area contributed by atoms with Gasteiger partial charge in [0.15, 0.2) is 0 Å². The summed E-state index contributed by atoms with van der Waals surface area (Å²) in [7, 11) is 0. The average molecular weight is 301 g/mol. The predicted molar refractivity (Wildman–Crippen MR) is 85.0 cm³/mol. The standard InChI is InChI=1S/C17H19NO2S/c1-12(16-7-4-10-21-16)17(19)18-11-13-8-9-20-15-6-3-2-5-14(13)15/h2-7,10,12-13H,8-9,11H2,1H3,(H,18,19). The Morgan fingerprint density at radius 2 is 2.24 bits per heavy atom. The second-order valence-corrected chi connectivity index (χ2v) is 6.33. The Morgan fingerprint density at radius 3 is 3.05 bits per heavy atom. The lowest BCUT2D eigenvalue weighted by atomic mass is 9.93. The Bertz CT molecular complexity index is 609. The monoisotopic (exact) mass is 301 g/mol. The summed E-state index contributed by atoms with van der Waals surface area (Å²) in [4.78, 5) is 13.4. The number of rotatable bonds is 4. The number of fused-ring (bicyclic) bond motifs is 1. The third-order valence-electron chi connectivity index (χ3n) is 3.97. The molecule has 1 N–H and O–H groups in total. The number of amides is 1. The van der Waals surface area contributed by atoms with Gasteiger partial charge in [0.25, 0.3) is 0 Å². The first-order chi connectivity index (χ1) is 10.3. The van der Waals surface area contributed by atoms with Crippen LogP contribution in [-0.4, -0.2) is 19.1 Å². The van der Waals surface area contributed by atoms with Crippen LogP contribution in [0.25, 0.3) is 0 Å². The molecule has 0 saturated carbocycles. The second kappa shape index (κ2) is 6.31. The Hall–Kier alpha value is -1.81. The first-order valence-corrected chi connectivity index (χ1v) is 8.16. The fourth-order valence-electron chi connectivity index (χ4n) is 2.67. The predicted octanol–water partition coefficient (Wildman–Crippen LogP) is 3.53. The molecule has 110 valence electrons. The van der Waals surface area contributed by atoms with Crippen molar-refractivity contribution in [3.63, 3.8) is 0 Å². The van der Waals surface area contributed by atoms with Gasteiger partial charge in [-0.3, -0.25) is 4.79 Å². The SMILES string of the molecule is CC(C(=O)NCC1CCOc2ccccc21)c1cccs1. The van der Waals surface area contributed by atoms with E-state index in [1.54, 1.807) is 11.3 Å². The van der Waals surface area contributed by atoms with Crippen LogP contribution in [0, 0.1) is 0 Å². The molecule has 1 amide bonds. The summed E-state index contributed by atoms with van der Waals surface area (Å²) in [5, 5.41) is 5.10. The van der Waals surface area contributed by atoms with Crippen LogP contribution in [0.15, 0.2) is 41.8 Å². The van der Waals surface area contributed by atoms with Crippen molar-refractivity contribution in [2.45, 2.75) is 25.2 Å². The summed E-state index contributed by atoms with van der Waals surface area (Å²) in [6, 6.07) is 12.1. The number of ether oxygens (including phenoxy) is 1. The molecule has 2 aromatic rings. The largest absolute Gasteiger partial charge is 0.493 e. The van der Waals surface area contributed by atoms with E-state index < -0.39 is 0 Å². The minimum absolute atomic E-state index is 0.0833. The molecule has 0 spiro atoms. The highest BCUT2D eigenvalue weighted by molar-refractivity contribution is 7.10. The fourth-order valence-corrected chi connectivity index (χ4v) is 3.45. The number of carbonyl (C=O) groups is 1. The molecule has 21 heavy (non-hydrogen) atoms. The van der Waals surface area contributed by atoms with Crippen LogP contribution < -0.4 is 10.1 Å². The van der Waals surface area contributed by atoms with Gasteiger partial charge in [0.05, 0.1) is 12.5 Å². The molecular formula is C17H19NO2S. The maximum Gasteiger partial charge on any atom is 0.228 e. The number of nitrogens with one attached hydrogen (secondary N) is 1. The highest BCUT2D eigenvalue weighted by Gasteiger charge is 2.23. The molecule has 0 fully saturated rings. The molecule has 0 saturated heterocycles. The third kappa shape index (κ3) is 3.10. The Labute approximate surface area is 129 Å². The topological polar surface area (TPSA) is 38.3 Å². The van der Waals surface area contributed by atoms with E-state index in [1.165, 1.54) is 5.56 Å². The van der Waals surface area contributed by atoms with Crippen LogP contribution in [0.2, 0.25) is 0 Å². The number of thiophene rings is 1. The van der Waals surface area contributed by atoms with Gasteiger partial charge < -0.3 is 10.1 Å². The molecule has 0 bridgehead atoms. The van der Waals surface area contributed by atoms with E-state index in [1.807, 2.05) is 42.6 Å². The molecule has 1 aromatic carbocycles. The lowest BCUT2D eigenvalue weighted by Gasteiger charge is -2.26. The molecule has 4 heteroatoms. The maximum atomic E-state index is 12.3. The van der Waals surface area contributed by atoms with Crippen LogP contribution in [0.4, 0.5) is 0 Å².